The quantitative estimate of drug-likeness (QED) is 0.582. The molecule has 1 fully saturated rings. The highest BCUT2D eigenvalue weighted by Gasteiger charge is 2.24. The van der Waals surface area contributed by atoms with Crippen LogP contribution < -0.4 is 10.4 Å². The van der Waals surface area contributed by atoms with E-state index in [0.29, 0.717) is 18.0 Å². The number of benzene rings is 2. The maximum absolute atomic E-state index is 12.8. The first kappa shape index (κ1) is 21.1. The van der Waals surface area contributed by atoms with Crippen molar-refractivity contribution < 1.29 is 13.2 Å². The van der Waals surface area contributed by atoms with Crippen molar-refractivity contribution in [1.82, 2.24) is 9.73 Å². The zero-order valence-corrected chi connectivity index (χ0v) is 17.4. The van der Waals surface area contributed by atoms with Crippen LogP contribution in [0.3, 0.4) is 0 Å². The number of nitrogens with zero attached hydrogens (tertiary/aromatic N) is 2. The van der Waals surface area contributed by atoms with Crippen LogP contribution in [0.4, 0.5) is 5.69 Å². The lowest BCUT2D eigenvalue weighted by Crippen LogP contribution is -2.38. The van der Waals surface area contributed by atoms with Crippen LogP contribution in [-0.2, 0) is 14.8 Å². The highest BCUT2D eigenvalue weighted by Crippen LogP contribution is 2.21. The van der Waals surface area contributed by atoms with Crippen LogP contribution in [-0.4, -0.2) is 38.8 Å². The van der Waals surface area contributed by atoms with Gasteiger partial charge in [0.25, 0.3) is 5.91 Å². The number of hydrogen-bond donors (Lipinski definition) is 1. The average Bonchev–Trinajstić information content (AvgIpc) is 3.03. The number of hydrogen-bond acceptors (Lipinski definition) is 4. The van der Waals surface area contributed by atoms with Crippen molar-refractivity contribution in [2.45, 2.75) is 30.6 Å². The molecule has 1 heterocycles. The number of para-hydroxylation sites is 1. The molecular weight excluding hydrogens is 386 g/mol. The summed E-state index contributed by atoms with van der Waals surface area (Å²) in [4.78, 5) is 12.4. The molecule has 3 rings (SSSR count). The highest BCUT2D eigenvalue weighted by atomic mass is 32.2. The summed E-state index contributed by atoms with van der Waals surface area (Å²) in [5.41, 5.74) is 4.39. The monoisotopic (exact) mass is 413 g/mol. The van der Waals surface area contributed by atoms with Gasteiger partial charge in [-0.15, -0.1) is 0 Å². The first-order valence-corrected chi connectivity index (χ1v) is 11.3. The molecule has 2 aromatic carbocycles. The van der Waals surface area contributed by atoms with E-state index in [4.69, 9.17) is 0 Å². The van der Waals surface area contributed by atoms with Crippen molar-refractivity contribution in [2.24, 2.45) is 0 Å². The summed E-state index contributed by atoms with van der Waals surface area (Å²) in [6.45, 7) is 1.16. The van der Waals surface area contributed by atoms with E-state index in [9.17, 15) is 13.2 Å². The lowest BCUT2D eigenvalue weighted by atomic mass is 10.2. The summed E-state index contributed by atoms with van der Waals surface area (Å²) in [6, 6.07) is 16.1. The maximum atomic E-state index is 12.8. The molecule has 0 atom stereocenters. The third-order valence-electron chi connectivity index (χ3n) is 4.93. The Kier molecular flexibility index (Phi) is 7.06. The molecule has 0 bridgehead atoms. The molecule has 1 aliphatic heterocycles. The molecule has 0 spiro atoms. The van der Waals surface area contributed by atoms with Gasteiger partial charge in [0, 0.05) is 26.2 Å². The Morgan fingerprint density at radius 3 is 2.21 bits per heavy atom. The van der Waals surface area contributed by atoms with Gasteiger partial charge in [0.1, 0.15) is 0 Å². The third-order valence-corrected chi connectivity index (χ3v) is 6.84. The van der Waals surface area contributed by atoms with E-state index in [2.05, 4.69) is 5.43 Å². The number of rotatable bonds is 6. The smallest absolute Gasteiger partial charge is 0.262 e. The number of hydrazine groups is 1. The van der Waals surface area contributed by atoms with E-state index < -0.39 is 10.0 Å². The molecule has 1 N–H and O–H groups in total. The van der Waals surface area contributed by atoms with Crippen molar-refractivity contribution >= 4 is 27.7 Å². The second-order valence-electron chi connectivity index (χ2n) is 7.09. The van der Waals surface area contributed by atoms with Crippen molar-refractivity contribution in [2.75, 3.05) is 25.1 Å². The van der Waals surface area contributed by atoms with Crippen LogP contribution in [0.15, 0.2) is 65.6 Å². The van der Waals surface area contributed by atoms with Gasteiger partial charge in [-0.1, -0.05) is 43.2 Å². The van der Waals surface area contributed by atoms with Crippen LogP contribution in [0, 0.1) is 0 Å². The van der Waals surface area contributed by atoms with Gasteiger partial charge in [-0.3, -0.25) is 15.2 Å². The second-order valence-corrected chi connectivity index (χ2v) is 9.03. The molecule has 0 saturated carbocycles. The summed E-state index contributed by atoms with van der Waals surface area (Å²) in [5, 5.41) is 1.64. The van der Waals surface area contributed by atoms with E-state index in [0.717, 1.165) is 36.9 Å². The van der Waals surface area contributed by atoms with Crippen molar-refractivity contribution in [1.29, 1.82) is 0 Å². The van der Waals surface area contributed by atoms with Gasteiger partial charge in [0.2, 0.25) is 10.0 Å². The molecule has 2 aromatic rings. The minimum atomic E-state index is -3.46. The molecule has 1 amide bonds. The molecular formula is C22H27N3O3S. The molecule has 29 heavy (non-hydrogen) atoms. The van der Waals surface area contributed by atoms with Crippen LogP contribution in [0.5, 0.6) is 0 Å². The Morgan fingerprint density at radius 2 is 1.59 bits per heavy atom. The average molecular weight is 414 g/mol. The van der Waals surface area contributed by atoms with E-state index in [1.165, 1.54) is 6.08 Å². The summed E-state index contributed by atoms with van der Waals surface area (Å²) in [5.74, 6) is -0.266. The summed E-state index contributed by atoms with van der Waals surface area (Å²) in [6.07, 6.45) is 7.07. The molecule has 0 aliphatic carbocycles. The highest BCUT2D eigenvalue weighted by molar-refractivity contribution is 7.89. The molecule has 154 valence electrons. The van der Waals surface area contributed by atoms with Crippen LogP contribution >= 0.6 is 0 Å². The SMILES string of the molecule is CN(NC(=O)/C=C/c1ccc(S(=O)(=O)N2CCCCCC2)cc1)c1ccccc1. The van der Waals surface area contributed by atoms with Gasteiger partial charge in [0.05, 0.1) is 10.6 Å². The fraction of sp³-hybridized carbons (Fsp3) is 0.318. The number of amides is 1. The van der Waals surface area contributed by atoms with Crippen LogP contribution in [0.1, 0.15) is 31.2 Å². The maximum Gasteiger partial charge on any atom is 0.262 e. The molecule has 0 aromatic heterocycles. The first-order chi connectivity index (χ1) is 14.0. The van der Waals surface area contributed by atoms with Crippen LogP contribution in [0.2, 0.25) is 0 Å². The van der Waals surface area contributed by atoms with Crippen molar-refractivity contribution in [3.05, 3.63) is 66.2 Å². The number of anilines is 1. The van der Waals surface area contributed by atoms with Crippen LogP contribution in [0.25, 0.3) is 6.08 Å². The zero-order valence-electron chi connectivity index (χ0n) is 16.6. The fourth-order valence-corrected chi connectivity index (χ4v) is 4.79. The largest absolute Gasteiger partial charge is 0.288 e. The topological polar surface area (TPSA) is 69.7 Å². The Labute approximate surface area is 172 Å². The Hall–Kier alpha value is -2.64. The van der Waals surface area contributed by atoms with Gasteiger partial charge >= 0.3 is 0 Å². The van der Waals surface area contributed by atoms with E-state index in [-0.39, 0.29) is 5.91 Å². The molecule has 1 aliphatic rings. The van der Waals surface area contributed by atoms with Gasteiger partial charge in [-0.25, -0.2) is 8.42 Å². The Balaban J connectivity index is 1.61. The van der Waals surface area contributed by atoms with Crippen molar-refractivity contribution in [3.8, 4) is 0 Å². The van der Waals surface area contributed by atoms with Gasteiger partial charge < -0.3 is 0 Å². The third kappa shape index (κ3) is 5.68. The fourth-order valence-electron chi connectivity index (χ4n) is 3.27. The molecule has 6 nitrogen and oxygen atoms in total. The minimum absolute atomic E-state index is 0.266. The first-order valence-electron chi connectivity index (χ1n) is 9.84. The van der Waals surface area contributed by atoms with Gasteiger partial charge in [-0.2, -0.15) is 4.31 Å². The minimum Gasteiger partial charge on any atom is -0.288 e. The summed E-state index contributed by atoms with van der Waals surface area (Å²) < 4.78 is 27.2. The standard InChI is InChI=1S/C22H27N3O3S/c1-24(20-9-5-4-6-10-20)23-22(26)16-13-19-11-14-21(15-12-19)29(27,28)25-17-7-2-3-8-18-25/h4-6,9-16H,2-3,7-8,17-18H2,1H3,(H,23,26)/b16-13+. The lowest BCUT2D eigenvalue weighted by molar-refractivity contribution is -0.116. The molecule has 0 radical (unpaired) electrons. The van der Waals surface area contributed by atoms with Crippen molar-refractivity contribution in [3.63, 3.8) is 0 Å². The predicted molar refractivity (Wildman–Crippen MR) is 116 cm³/mol. The normalized spacial score (nSPS) is 15.8. The number of sulfonamides is 1. The summed E-state index contributed by atoms with van der Waals surface area (Å²) >= 11 is 0. The number of nitrogens with one attached hydrogen (secondary N) is 1. The molecule has 0 unspecified atom stereocenters. The van der Waals surface area contributed by atoms with E-state index >= 15 is 0 Å². The predicted octanol–water partition coefficient (Wildman–Crippen LogP) is 3.43. The van der Waals surface area contributed by atoms with Gasteiger partial charge in [0.15, 0.2) is 0 Å². The lowest BCUT2D eigenvalue weighted by Gasteiger charge is -2.20. The van der Waals surface area contributed by atoms with E-state index in [1.54, 1.807) is 46.7 Å². The zero-order chi connectivity index (χ0) is 20.7. The Bertz CT molecular complexity index is 933. The second kappa shape index (κ2) is 9.71. The number of carbonyl (C=O) groups excluding carboxylic acids is 1. The molecule has 7 heteroatoms. The summed E-state index contributed by atoms with van der Waals surface area (Å²) in [7, 11) is -1.69. The number of carbonyl (C=O) groups is 1. The molecule has 1 saturated heterocycles. The van der Waals surface area contributed by atoms with Gasteiger partial charge in [-0.05, 0) is 48.7 Å². The Morgan fingerprint density at radius 1 is 0.966 bits per heavy atom. The van der Waals surface area contributed by atoms with E-state index in [1.807, 2.05) is 30.3 Å².